The van der Waals surface area contributed by atoms with E-state index in [4.69, 9.17) is 16.1 Å². The Kier molecular flexibility index (Phi) is 3.87. The van der Waals surface area contributed by atoms with Gasteiger partial charge in [0.25, 0.3) is 0 Å². The van der Waals surface area contributed by atoms with Crippen LogP contribution in [0.15, 0.2) is 10.7 Å². The number of nitrogens with zero attached hydrogens (tertiary/aromatic N) is 6. The highest BCUT2D eigenvalue weighted by Gasteiger charge is 2.34. The second kappa shape index (κ2) is 5.89. The SMILES string of the molecule is CN1CCN(Cc2c(Cl)cnn2C)CC1c1nc(C2CC2)no1. The van der Waals surface area contributed by atoms with Gasteiger partial charge in [0, 0.05) is 39.1 Å². The van der Waals surface area contributed by atoms with Crippen LogP contribution in [-0.4, -0.2) is 56.4 Å². The third-order valence-corrected chi connectivity index (χ3v) is 5.12. The van der Waals surface area contributed by atoms with Crippen molar-refractivity contribution in [3.8, 4) is 0 Å². The Hall–Kier alpha value is -1.44. The molecule has 0 N–H and O–H groups in total. The van der Waals surface area contributed by atoms with Crippen molar-refractivity contribution in [2.24, 2.45) is 7.05 Å². The topological polar surface area (TPSA) is 63.2 Å². The molecule has 23 heavy (non-hydrogen) atoms. The van der Waals surface area contributed by atoms with E-state index in [2.05, 4.69) is 32.1 Å². The van der Waals surface area contributed by atoms with Crippen molar-refractivity contribution in [3.05, 3.63) is 28.6 Å². The summed E-state index contributed by atoms with van der Waals surface area (Å²) in [6, 6.07) is 0.135. The van der Waals surface area contributed by atoms with Gasteiger partial charge in [0.1, 0.15) is 6.04 Å². The number of piperazine rings is 1. The van der Waals surface area contributed by atoms with E-state index in [1.807, 2.05) is 11.7 Å². The first-order valence-electron chi connectivity index (χ1n) is 8.04. The predicted octanol–water partition coefficient (Wildman–Crippen LogP) is 1.82. The van der Waals surface area contributed by atoms with Crippen molar-refractivity contribution in [1.29, 1.82) is 0 Å². The van der Waals surface area contributed by atoms with Crippen molar-refractivity contribution in [2.75, 3.05) is 26.7 Å². The zero-order chi connectivity index (χ0) is 16.0. The van der Waals surface area contributed by atoms with Crippen LogP contribution in [0.3, 0.4) is 0 Å². The molecule has 2 fully saturated rings. The van der Waals surface area contributed by atoms with Crippen LogP contribution in [0.1, 0.15) is 42.2 Å². The second-order valence-corrected chi connectivity index (χ2v) is 6.97. The lowest BCUT2D eigenvalue weighted by Gasteiger charge is -2.37. The third-order valence-electron chi connectivity index (χ3n) is 4.80. The zero-order valence-electron chi connectivity index (χ0n) is 13.4. The molecule has 0 aromatic carbocycles. The minimum Gasteiger partial charge on any atom is -0.338 e. The lowest BCUT2D eigenvalue weighted by Crippen LogP contribution is -2.46. The molecule has 0 bridgehead atoms. The summed E-state index contributed by atoms with van der Waals surface area (Å²) in [4.78, 5) is 9.28. The molecule has 1 unspecified atom stereocenters. The molecular weight excluding hydrogens is 316 g/mol. The largest absolute Gasteiger partial charge is 0.338 e. The van der Waals surface area contributed by atoms with E-state index < -0.39 is 0 Å². The van der Waals surface area contributed by atoms with Crippen LogP contribution in [0.25, 0.3) is 0 Å². The smallest absolute Gasteiger partial charge is 0.245 e. The summed E-state index contributed by atoms with van der Waals surface area (Å²) in [7, 11) is 4.04. The first-order valence-corrected chi connectivity index (χ1v) is 8.42. The summed E-state index contributed by atoms with van der Waals surface area (Å²) in [5.74, 6) is 2.13. The molecule has 1 atom stereocenters. The van der Waals surface area contributed by atoms with Crippen molar-refractivity contribution in [3.63, 3.8) is 0 Å². The normalized spacial score (nSPS) is 23.5. The standard InChI is InChI=1S/C15H21ClN6O/c1-20-5-6-22(8-12-11(16)7-17-21(12)2)9-13(20)15-18-14(19-23-15)10-3-4-10/h7,10,13H,3-6,8-9H2,1-2H3. The quantitative estimate of drug-likeness (QED) is 0.848. The number of likely N-dealkylation sites (N-methyl/N-ethyl adjacent to an activating group) is 1. The van der Waals surface area contributed by atoms with Gasteiger partial charge >= 0.3 is 0 Å². The lowest BCUT2D eigenvalue weighted by molar-refractivity contribution is 0.0700. The second-order valence-electron chi connectivity index (χ2n) is 6.56. The number of rotatable bonds is 4. The lowest BCUT2D eigenvalue weighted by atomic mass is 10.1. The minimum absolute atomic E-state index is 0.135. The molecule has 124 valence electrons. The van der Waals surface area contributed by atoms with Crippen LogP contribution in [0.5, 0.6) is 0 Å². The van der Waals surface area contributed by atoms with Crippen molar-refractivity contribution in [2.45, 2.75) is 31.3 Å². The fraction of sp³-hybridized carbons (Fsp3) is 0.667. The molecule has 7 nitrogen and oxygen atoms in total. The Balaban J connectivity index is 1.48. The third kappa shape index (κ3) is 3.00. The van der Waals surface area contributed by atoms with Gasteiger partial charge in [-0.2, -0.15) is 10.1 Å². The molecule has 2 aliphatic rings. The van der Waals surface area contributed by atoms with Crippen molar-refractivity contribution >= 4 is 11.6 Å². The first kappa shape index (κ1) is 15.1. The highest BCUT2D eigenvalue weighted by molar-refractivity contribution is 6.31. The molecule has 8 heteroatoms. The Morgan fingerprint density at radius 1 is 1.30 bits per heavy atom. The summed E-state index contributed by atoms with van der Waals surface area (Å²) in [6.45, 7) is 3.58. The number of aromatic nitrogens is 4. The van der Waals surface area contributed by atoms with Gasteiger partial charge in [-0.3, -0.25) is 14.5 Å². The number of hydrogen-bond acceptors (Lipinski definition) is 6. The number of aryl methyl sites for hydroxylation is 1. The average molecular weight is 337 g/mol. The van der Waals surface area contributed by atoms with Crippen molar-refractivity contribution in [1.82, 2.24) is 29.7 Å². The Labute approximate surface area is 140 Å². The van der Waals surface area contributed by atoms with Gasteiger partial charge in [0.15, 0.2) is 5.82 Å². The van der Waals surface area contributed by atoms with E-state index in [1.165, 1.54) is 12.8 Å². The molecule has 1 saturated carbocycles. The molecule has 2 aromatic rings. The number of hydrogen-bond donors (Lipinski definition) is 0. The summed E-state index contributed by atoms with van der Waals surface area (Å²) in [6.07, 6.45) is 4.07. The summed E-state index contributed by atoms with van der Waals surface area (Å²) >= 11 is 6.23. The maximum atomic E-state index is 6.23. The van der Waals surface area contributed by atoms with Crippen LogP contribution in [0.4, 0.5) is 0 Å². The summed E-state index contributed by atoms with van der Waals surface area (Å²) in [5.41, 5.74) is 1.04. The molecule has 2 aromatic heterocycles. The Bertz CT molecular complexity index is 674. The van der Waals surface area contributed by atoms with Crippen LogP contribution in [-0.2, 0) is 13.6 Å². The van der Waals surface area contributed by atoms with Gasteiger partial charge in [0.05, 0.1) is 16.9 Å². The average Bonchev–Trinajstić information content (AvgIpc) is 3.20. The maximum Gasteiger partial charge on any atom is 0.245 e. The summed E-state index contributed by atoms with van der Waals surface area (Å²) in [5, 5.41) is 9.08. The molecule has 1 aliphatic carbocycles. The van der Waals surface area contributed by atoms with Crippen molar-refractivity contribution < 1.29 is 4.52 Å². The fourth-order valence-corrected chi connectivity index (χ4v) is 3.28. The molecule has 1 saturated heterocycles. The molecule has 4 rings (SSSR count). The molecule has 0 radical (unpaired) electrons. The molecule has 3 heterocycles. The van der Waals surface area contributed by atoms with E-state index in [0.717, 1.165) is 48.6 Å². The van der Waals surface area contributed by atoms with E-state index in [9.17, 15) is 0 Å². The Morgan fingerprint density at radius 3 is 2.83 bits per heavy atom. The molecule has 0 spiro atoms. The number of halogens is 1. The van der Waals surface area contributed by atoms with E-state index >= 15 is 0 Å². The van der Waals surface area contributed by atoms with Crippen LogP contribution in [0, 0.1) is 0 Å². The molecule has 1 aliphatic heterocycles. The van der Waals surface area contributed by atoms with Crippen LogP contribution in [0.2, 0.25) is 5.02 Å². The predicted molar refractivity (Wildman–Crippen MR) is 85.1 cm³/mol. The Morgan fingerprint density at radius 2 is 2.13 bits per heavy atom. The minimum atomic E-state index is 0.135. The van der Waals surface area contributed by atoms with Gasteiger partial charge in [-0.05, 0) is 19.9 Å². The summed E-state index contributed by atoms with van der Waals surface area (Å²) < 4.78 is 7.37. The maximum absolute atomic E-state index is 6.23. The van der Waals surface area contributed by atoms with Gasteiger partial charge in [-0.25, -0.2) is 0 Å². The van der Waals surface area contributed by atoms with E-state index in [0.29, 0.717) is 5.92 Å². The molecule has 0 amide bonds. The highest BCUT2D eigenvalue weighted by atomic mass is 35.5. The van der Waals surface area contributed by atoms with E-state index in [-0.39, 0.29) is 6.04 Å². The zero-order valence-corrected chi connectivity index (χ0v) is 14.2. The monoisotopic (exact) mass is 336 g/mol. The van der Waals surface area contributed by atoms with E-state index in [1.54, 1.807) is 6.20 Å². The van der Waals surface area contributed by atoms with Gasteiger partial charge in [0.2, 0.25) is 5.89 Å². The van der Waals surface area contributed by atoms with Crippen LogP contribution < -0.4 is 0 Å². The fourth-order valence-electron chi connectivity index (χ4n) is 3.06. The van der Waals surface area contributed by atoms with Gasteiger partial charge in [-0.15, -0.1) is 0 Å². The highest BCUT2D eigenvalue weighted by Crippen LogP contribution is 2.39. The van der Waals surface area contributed by atoms with Crippen LogP contribution >= 0.6 is 11.6 Å². The first-order chi connectivity index (χ1) is 11.1. The van der Waals surface area contributed by atoms with Gasteiger partial charge in [-0.1, -0.05) is 16.8 Å². The molecular formula is C15H21ClN6O. The van der Waals surface area contributed by atoms with Gasteiger partial charge < -0.3 is 4.52 Å².